The average molecular weight is 369 g/mol. The third-order valence-electron chi connectivity index (χ3n) is 6.42. The fourth-order valence-electron chi connectivity index (χ4n) is 5.23. The lowest BCUT2D eigenvalue weighted by molar-refractivity contribution is -0.155. The van der Waals surface area contributed by atoms with E-state index < -0.39 is 13.7 Å². The summed E-state index contributed by atoms with van der Waals surface area (Å²) in [7, 11) is -1.51. The minimum absolute atomic E-state index is 0.0809. The van der Waals surface area contributed by atoms with Crippen LogP contribution in [0.5, 0.6) is 0 Å². The van der Waals surface area contributed by atoms with Crippen LogP contribution in [-0.2, 0) is 14.0 Å². The summed E-state index contributed by atoms with van der Waals surface area (Å²) in [6.45, 7) is 18.0. The van der Waals surface area contributed by atoms with Gasteiger partial charge in [0.05, 0.1) is 12.0 Å². The fourth-order valence-corrected chi connectivity index (χ4v) is 6.42. The number of carbonyl (C=O) groups is 1. The molecule has 2 rings (SSSR count). The Labute approximate surface area is 156 Å². The molecule has 0 spiro atoms. The molecule has 2 fully saturated rings. The van der Waals surface area contributed by atoms with E-state index in [2.05, 4.69) is 33.5 Å². The van der Waals surface area contributed by atoms with Crippen LogP contribution in [0.4, 0.5) is 0 Å². The van der Waals surface area contributed by atoms with E-state index in [1.165, 1.54) is 32.1 Å². The van der Waals surface area contributed by atoms with Crippen LogP contribution in [-0.4, -0.2) is 27.0 Å². The molecular formula is C21H40O3Si. The molecule has 0 radical (unpaired) electrons. The van der Waals surface area contributed by atoms with Gasteiger partial charge in [-0.1, -0.05) is 20.3 Å². The molecule has 0 aliphatic heterocycles. The maximum Gasteiger partial charge on any atom is 0.311 e. The van der Waals surface area contributed by atoms with Gasteiger partial charge in [0.25, 0.3) is 0 Å². The third-order valence-corrected chi connectivity index (χ3v) is 7.43. The fraction of sp³-hybridized carbons (Fsp3) is 0.952. The molecule has 0 aromatic carbocycles. The van der Waals surface area contributed by atoms with E-state index in [1.807, 2.05) is 20.8 Å². The molecule has 3 nitrogen and oxygen atoms in total. The molecule has 0 amide bonds. The first-order valence-corrected chi connectivity index (χ1v) is 13.6. The summed E-state index contributed by atoms with van der Waals surface area (Å²) in [5, 5.41) is 0. The monoisotopic (exact) mass is 368 g/mol. The van der Waals surface area contributed by atoms with Crippen molar-refractivity contribution in [1.82, 2.24) is 0 Å². The first-order valence-electron chi connectivity index (χ1n) is 10.2. The number of rotatable bonds is 5. The molecule has 0 aromatic rings. The van der Waals surface area contributed by atoms with Gasteiger partial charge in [-0.05, 0) is 89.3 Å². The summed E-state index contributed by atoms with van der Waals surface area (Å²) in [6, 6.07) is 0. The highest BCUT2D eigenvalue weighted by Crippen LogP contribution is 2.58. The summed E-state index contributed by atoms with van der Waals surface area (Å²) >= 11 is 0. The van der Waals surface area contributed by atoms with Gasteiger partial charge in [-0.25, -0.2) is 0 Å². The highest BCUT2D eigenvalue weighted by molar-refractivity contribution is 6.69. The molecular weight excluding hydrogens is 328 g/mol. The zero-order valence-corrected chi connectivity index (χ0v) is 18.8. The van der Waals surface area contributed by atoms with Crippen LogP contribution < -0.4 is 0 Å². The summed E-state index contributed by atoms with van der Waals surface area (Å²) in [5.41, 5.74) is -0.0704. The van der Waals surface area contributed by atoms with Gasteiger partial charge in [-0.3, -0.25) is 4.79 Å². The molecule has 5 atom stereocenters. The van der Waals surface area contributed by atoms with Crippen LogP contribution in [0.15, 0.2) is 0 Å². The lowest BCUT2D eigenvalue weighted by atomic mass is 9.62. The van der Waals surface area contributed by atoms with Crippen molar-refractivity contribution in [3.63, 3.8) is 0 Å². The van der Waals surface area contributed by atoms with Crippen molar-refractivity contribution in [2.75, 3.05) is 6.61 Å². The molecule has 0 heterocycles. The first kappa shape index (κ1) is 21.0. The number of fused-ring (bicyclic) bond motifs is 1. The SMILES string of the molecule is CC(COC(=O)C(C)(C)C)C1CCC2C(O[Si](C)(C)C)CCCC12C. The zero-order valence-electron chi connectivity index (χ0n) is 17.8. The molecule has 4 heteroatoms. The Morgan fingerprint density at radius 1 is 1.20 bits per heavy atom. The van der Waals surface area contributed by atoms with E-state index in [0.29, 0.717) is 35.9 Å². The highest BCUT2D eigenvalue weighted by atomic mass is 28.4. The highest BCUT2D eigenvalue weighted by Gasteiger charge is 2.53. The van der Waals surface area contributed by atoms with Gasteiger partial charge in [0.1, 0.15) is 0 Å². The lowest BCUT2D eigenvalue weighted by Gasteiger charge is -2.47. The minimum atomic E-state index is -1.51. The molecule has 0 aromatic heterocycles. The number of hydrogen-bond acceptors (Lipinski definition) is 3. The summed E-state index contributed by atoms with van der Waals surface area (Å²) in [4.78, 5) is 12.1. The Kier molecular flexibility index (Phi) is 6.15. The Bertz CT molecular complexity index is 477. The van der Waals surface area contributed by atoms with Crippen LogP contribution in [0.2, 0.25) is 19.6 Å². The Morgan fingerprint density at radius 2 is 1.84 bits per heavy atom. The zero-order chi connectivity index (χ0) is 19.0. The second-order valence-electron chi connectivity index (χ2n) is 10.8. The van der Waals surface area contributed by atoms with E-state index in [-0.39, 0.29) is 5.97 Å². The maximum absolute atomic E-state index is 12.1. The predicted molar refractivity (Wildman–Crippen MR) is 106 cm³/mol. The third kappa shape index (κ3) is 4.88. The molecule has 25 heavy (non-hydrogen) atoms. The second kappa shape index (κ2) is 7.34. The number of carbonyl (C=O) groups excluding carboxylic acids is 1. The number of esters is 1. The van der Waals surface area contributed by atoms with Crippen LogP contribution in [0.1, 0.15) is 66.7 Å². The normalized spacial score (nSPS) is 34.5. The Hall–Kier alpha value is -0.353. The molecule has 2 saturated carbocycles. The smallest absolute Gasteiger partial charge is 0.311 e. The van der Waals surface area contributed by atoms with Gasteiger partial charge in [0.15, 0.2) is 8.32 Å². The van der Waals surface area contributed by atoms with Crippen molar-refractivity contribution in [3.05, 3.63) is 0 Å². The molecule has 2 aliphatic carbocycles. The van der Waals surface area contributed by atoms with Gasteiger partial charge < -0.3 is 9.16 Å². The van der Waals surface area contributed by atoms with Crippen molar-refractivity contribution in [3.8, 4) is 0 Å². The molecule has 2 aliphatic rings. The topological polar surface area (TPSA) is 35.5 Å². The largest absolute Gasteiger partial charge is 0.465 e. The van der Waals surface area contributed by atoms with Crippen LogP contribution >= 0.6 is 0 Å². The van der Waals surface area contributed by atoms with Crippen molar-refractivity contribution < 1.29 is 14.0 Å². The summed E-state index contributed by atoms with van der Waals surface area (Å²) in [5.74, 6) is 1.66. The van der Waals surface area contributed by atoms with Crippen LogP contribution in [0.3, 0.4) is 0 Å². The molecule has 5 unspecified atom stereocenters. The molecule has 0 saturated heterocycles. The second-order valence-corrected chi connectivity index (χ2v) is 15.2. The van der Waals surface area contributed by atoms with E-state index in [9.17, 15) is 4.79 Å². The Morgan fingerprint density at radius 3 is 2.40 bits per heavy atom. The minimum Gasteiger partial charge on any atom is -0.465 e. The van der Waals surface area contributed by atoms with Gasteiger partial charge in [-0.2, -0.15) is 0 Å². The van der Waals surface area contributed by atoms with Crippen molar-refractivity contribution in [2.45, 2.75) is 92.5 Å². The molecule has 146 valence electrons. The number of ether oxygens (including phenoxy) is 1. The first-order chi connectivity index (χ1) is 11.3. The standard InChI is InChI=1S/C21H40O3Si/c1-15(14-23-19(22)20(2,3)4)16-11-12-17-18(24-25(6,7)8)10-9-13-21(16,17)5/h15-18H,9-14H2,1-8H3. The Balaban J connectivity index is 2.02. The van der Waals surface area contributed by atoms with E-state index in [1.54, 1.807) is 0 Å². The van der Waals surface area contributed by atoms with Gasteiger partial charge in [0, 0.05) is 6.10 Å². The van der Waals surface area contributed by atoms with Crippen molar-refractivity contribution in [2.24, 2.45) is 28.6 Å². The lowest BCUT2D eigenvalue weighted by Crippen LogP contribution is -2.46. The number of hydrogen-bond donors (Lipinski definition) is 0. The quantitative estimate of drug-likeness (QED) is 0.465. The van der Waals surface area contributed by atoms with Gasteiger partial charge in [0.2, 0.25) is 0 Å². The summed E-state index contributed by atoms with van der Waals surface area (Å²) < 4.78 is 12.2. The van der Waals surface area contributed by atoms with Crippen LogP contribution in [0, 0.1) is 28.6 Å². The van der Waals surface area contributed by atoms with E-state index in [0.717, 1.165) is 0 Å². The van der Waals surface area contributed by atoms with Crippen molar-refractivity contribution >= 4 is 14.3 Å². The van der Waals surface area contributed by atoms with Gasteiger partial charge >= 0.3 is 5.97 Å². The van der Waals surface area contributed by atoms with Gasteiger partial charge in [-0.15, -0.1) is 0 Å². The van der Waals surface area contributed by atoms with Crippen molar-refractivity contribution in [1.29, 1.82) is 0 Å². The predicted octanol–water partition coefficient (Wildman–Crippen LogP) is 5.65. The maximum atomic E-state index is 12.1. The average Bonchev–Trinajstić information content (AvgIpc) is 2.80. The molecule has 0 bridgehead atoms. The molecule has 0 N–H and O–H groups in total. The summed E-state index contributed by atoms with van der Waals surface area (Å²) in [6.07, 6.45) is 6.76. The van der Waals surface area contributed by atoms with Crippen LogP contribution in [0.25, 0.3) is 0 Å². The van der Waals surface area contributed by atoms with E-state index >= 15 is 0 Å². The van der Waals surface area contributed by atoms with E-state index in [4.69, 9.17) is 9.16 Å².